The second kappa shape index (κ2) is 6.88. The van der Waals surface area contributed by atoms with E-state index in [9.17, 15) is 9.59 Å². The first-order chi connectivity index (χ1) is 13.2. The predicted octanol–water partition coefficient (Wildman–Crippen LogP) is 3.38. The minimum Gasteiger partial charge on any atom is -0.444 e. The largest absolute Gasteiger partial charge is 0.444 e. The summed E-state index contributed by atoms with van der Waals surface area (Å²) in [6.45, 7) is 6.66. The van der Waals surface area contributed by atoms with Gasteiger partial charge in [0.1, 0.15) is 16.8 Å². The Bertz CT molecular complexity index is 1110. The van der Waals surface area contributed by atoms with E-state index < -0.39 is 5.60 Å². The van der Waals surface area contributed by atoms with Crippen LogP contribution in [0.3, 0.4) is 0 Å². The monoisotopic (exact) mass is 447 g/mol. The third-order valence-corrected chi connectivity index (χ3v) is 5.44. The Morgan fingerprint density at radius 3 is 2.64 bits per heavy atom. The zero-order valence-electron chi connectivity index (χ0n) is 16.1. The molecular weight excluding hydrogens is 426 g/mol. The van der Waals surface area contributed by atoms with Crippen LogP contribution in [0.25, 0.3) is 16.6 Å². The second-order valence-electron chi connectivity index (χ2n) is 8.01. The van der Waals surface area contributed by atoms with Crippen LogP contribution in [-0.4, -0.2) is 48.8 Å². The molecular formula is C19H22BrN5O3. The van der Waals surface area contributed by atoms with Crippen molar-refractivity contribution in [1.82, 2.24) is 24.1 Å². The van der Waals surface area contributed by atoms with Gasteiger partial charge in [-0.3, -0.25) is 14.3 Å². The van der Waals surface area contributed by atoms with Gasteiger partial charge in [0.25, 0.3) is 5.56 Å². The number of rotatable bonds is 1. The lowest BCUT2D eigenvalue weighted by Crippen LogP contribution is -2.43. The van der Waals surface area contributed by atoms with E-state index >= 15 is 0 Å². The third kappa shape index (κ3) is 3.39. The number of carbonyl (C=O) groups excluding carboxylic acids is 1. The highest BCUT2D eigenvalue weighted by Gasteiger charge is 2.29. The molecule has 148 valence electrons. The smallest absolute Gasteiger partial charge is 0.410 e. The number of pyridine rings is 1. The summed E-state index contributed by atoms with van der Waals surface area (Å²) in [5, 5.41) is 5.40. The van der Waals surface area contributed by atoms with Crippen LogP contribution in [0.4, 0.5) is 4.79 Å². The van der Waals surface area contributed by atoms with Gasteiger partial charge in [-0.2, -0.15) is 5.10 Å². The fourth-order valence-electron chi connectivity index (χ4n) is 3.64. The molecule has 1 amide bonds. The number of carbonyl (C=O) groups is 1. The maximum Gasteiger partial charge on any atom is 0.410 e. The molecule has 4 heterocycles. The summed E-state index contributed by atoms with van der Waals surface area (Å²) in [4.78, 5) is 31.0. The second-order valence-corrected chi connectivity index (χ2v) is 8.86. The fourth-order valence-corrected chi connectivity index (χ4v) is 4.14. The molecule has 3 aromatic heterocycles. The topological polar surface area (TPSA) is 81.7 Å². The SMILES string of the molecule is CC(C)(C)OC(=O)N1CCC(n2c(=O)ccn3nc4cncc(Br)c4c23)CC1. The van der Waals surface area contributed by atoms with E-state index in [1.54, 1.807) is 32.6 Å². The molecule has 0 aromatic carbocycles. The first-order valence-electron chi connectivity index (χ1n) is 9.25. The average molecular weight is 448 g/mol. The van der Waals surface area contributed by atoms with Gasteiger partial charge in [0, 0.05) is 42.1 Å². The van der Waals surface area contributed by atoms with Gasteiger partial charge in [0.05, 0.1) is 11.6 Å². The molecule has 0 spiro atoms. The van der Waals surface area contributed by atoms with E-state index in [2.05, 4.69) is 26.0 Å². The molecule has 0 N–H and O–H groups in total. The number of aromatic nitrogens is 4. The minimum atomic E-state index is -0.521. The normalized spacial score (nSPS) is 16.1. The van der Waals surface area contributed by atoms with Crippen LogP contribution < -0.4 is 5.56 Å². The Morgan fingerprint density at radius 2 is 1.96 bits per heavy atom. The summed E-state index contributed by atoms with van der Waals surface area (Å²) in [6.07, 6.45) is 6.11. The Morgan fingerprint density at radius 1 is 1.25 bits per heavy atom. The van der Waals surface area contributed by atoms with E-state index in [1.165, 1.54) is 6.07 Å². The highest BCUT2D eigenvalue weighted by molar-refractivity contribution is 9.10. The standard InChI is InChI=1S/C19H22BrN5O3/c1-19(2,3)28-18(27)23-7-4-12(5-8-23)25-15(26)6-9-24-17(25)16-13(20)10-21-11-14(16)22-24/h6,9-12H,4-5,7-8H2,1-3H3. The number of fused-ring (bicyclic) bond motifs is 3. The van der Waals surface area contributed by atoms with Crippen molar-refractivity contribution in [3.8, 4) is 0 Å². The van der Waals surface area contributed by atoms with Gasteiger partial charge < -0.3 is 9.64 Å². The lowest BCUT2D eigenvalue weighted by molar-refractivity contribution is 0.0188. The number of hydrogen-bond acceptors (Lipinski definition) is 5. The first-order valence-corrected chi connectivity index (χ1v) is 10.0. The number of piperidine rings is 1. The van der Waals surface area contributed by atoms with E-state index in [-0.39, 0.29) is 17.7 Å². The van der Waals surface area contributed by atoms with Gasteiger partial charge in [0.15, 0.2) is 0 Å². The Balaban J connectivity index is 1.67. The quantitative estimate of drug-likeness (QED) is 0.570. The maximum absolute atomic E-state index is 12.8. The molecule has 1 saturated heterocycles. The van der Waals surface area contributed by atoms with Gasteiger partial charge in [-0.05, 0) is 49.5 Å². The van der Waals surface area contributed by atoms with E-state index in [1.807, 2.05) is 20.8 Å². The van der Waals surface area contributed by atoms with E-state index in [0.717, 1.165) is 21.0 Å². The molecule has 1 fully saturated rings. The molecule has 0 aliphatic carbocycles. The van der Waals surface area contributed by atoms with Gasteiger partial charge in [-0.25, -0.2) is 9.31 Å². The van der Waals surface area contributed by atoms with Gasteiger partial charge in [-0.1, -0.05) is 0 Å². The first kappa shape index (κ1) is 18.9. The number of ether oxygens (including phenoxy) is 1. The molecule has 0 bridgehead atoms. The van der Waals surface area contributed by atoms with Crippen LogP contribution in [0.5, 0.6) is 0 Å². The van der Waals surface area contributed by atoms with Crippen LogP contribution in [0.15, 0.2) is 33.9 Å². The summed E-state index contributed by atoms with van der Waals surface area (Å²) in [5.74, 6) is 0. The van der Waals surface area contributed by atoms with Gasteiger partial charge in [0.2, 0.25) is 0 Å². The summed E-state index contributed by atoms with van der Waals surface area (Å²) < 4.78 is 9.78. The summed E-state index contributed by atoms with van der Waals surface area (Å²) in [7, 11) is 0. The van der Waals surface area contributed by atoms with Crippen LogP contribution in [0.2, 0.25) is 0 Å². The van der Waals surface area contributed by atoms with Crippen LogP contribution >= 0.6 is 15.9 Å². The molecule has 28 heavy (non-hydrogen) atoms. The molecule has 1 aliphatic heterocycles. The Labute approximate surface area is 170 Å². The number of halogens is 1. The van der Waals surface area contributed by atoms with Crippen molar-refractivity contribution in [3.63, 3.8) is 0 Å². The lowest BCUT2D eigenvalue weighted by atomic mass is 10.0. The number of hydrogen-bond donors (Lipinski definition) is 0. The minimum absolute atomic E-state index is 0.0187. The Hall–Kier alpha value is -2.42. The molecule has 0 radical (unpaired) electrons. The van der Waals surface area contributed by atoms with Crippen LogP contribution in [0, 0.1) is 0 Å². The molecule has 4 rings (SSSR count). The zero-order valence-corrected chi connectivity index (χ0v) is 17.6. The van der Waals surface area contributed by atoms with E-state index in [4.69, 9.17) is 4.74 Å². The number of amides is 1. The van der Waals surface area contributed by atoms with Crippen molar-refractivity contribution in [2.45, 2.75) is 45.3 Å². The number of nitrogens with zero attached hydrogens (tertiary/aromatic N) is 5. The van der Waals surface area contributed by atoms with Crippen LogP contribution in [-0.2, 0) is 4.74 Å². The van der Waals surface area contributed by atoms with E-state index in [0.29, 0.717) is 25.9 Å². The molecule has 1 aliphatic rings. The van der Waals surface area contributed by atoms with Crippen molar-refractivity contribution < 1.29 is 9.53 Å². The maximum atomic E-state index is 12.8. The molecule has 3 aromatic rings. The third-order valence-electron chi connectivity index (χ3n) is 4.84. The van der Waals surface area contributed by atoms with Crippen molar-refractivity contribution in [3.05, 3.63) is 39.5 Å². The van der Waals surface area contributed by atoms with Crippen molar-refractivity contribution in [2.24, 2.45) is 0 Å². The summed E-state index contributed by atoms with van der Waals surface area (Å²) >= 11 is 3.54. The molecule has 0 unspecified atom stereocenters. The summed E-state index contributed by atoms with van der Waals surface area (Å²) in [5.41, 5.74) is 0.869. The van der Waals surface area contributed by atoms with Crippen LogP contribution in [0.1, 0.15) is 39.7 Å². The zero-order chi connectivity index (χ0) is 20.1. The molecule has 0 saturated carbocycles. The number of likely N-dealkylation sites (tertiary alicyclic amines) is 1. The van der Waals surface area contributed by atoms with Crippen molar-refractivity contribution >= 4 is 38.6 Å². The van der Waals surface area contributed by atoms with Gasteiger partial charge in [-0.15, -0.1) is 0 Å². The fraction of sp³-hybridized carbons (Fsp3) is 0.474. The lowest BCUT2D eigenvalue weighted by Gasteiger charge is -2.34. The average Bonchev–Trinajstić information content (AvgIpc) is 3.00. The predicted molar refractivity (Wildman–Crippen MR) is 109 cm³/mol. The summed E-state index contributed by atoms with van der Waals surface area (Å²) in [6, 6.07) is 1.51. The van der Waals surface area contributed by atoms with Crippen molar-refractivity contribution in [1.29, 1.82) is 0 Å². The molecule has 9 heteroatoms. The highest BCUT2D eigenvalue weighted by Crippen LogP contribution is 2.30. The molecule has 8 nitrogen and oxygen atoms in total. The van der Waals surface area contributed by atoms with Gasteiger partial charge >= 0.3 is 6.09 Å². The highest BCUT2D eigenvalue weighted by atomic mass is 79.9. The molecule has 0 atom stereocenters. The van der Waals surface area contributed by atoms with Crippen molar-refractivity contribution in [2.75, 3.05) is 13.1 Å². The Kier molecular flexibility index (Phi) is 4.65.